The molecule has 33 heavy (non-hydrogen) atoms. The molecule has 7 nitrogen and oxygen atoms in total. The van der Waals surface area contributed by atoms with Crippen LogP contribution >= 0.6 is 0 Å². The minimum Gasteiger partial charge on any atom is -0.395 e. The summed E-state index contributed by atoms with van der Waals surface area (Å²) >= 11 is 0. The first-order chi connectivity index (χ1) is 16.0. The van der Waals surface area contributed by atoms with Crippen LogP contribution in [0.1, 0.15) is 24.3 Å². The van der Waals surface area contributed by atoms with Crippen molar-refractivity contribution in [3.05, 3.63) is 72.7 Å². The van der Waals surface area contributed by atoms with E-state index in [-0.39, 0.29) is 29.6 Å². The van der Waals surface area contributed by atoms with Crippen molar-refractivity contribution in [2.45, 2.75) is 35.9 Å². The lowest BCUT2D eigenvalue weighted by Gasteiger charge is -2.57. The Morgan fingerprint density at radius 1 is 1.00 bits per heavy atom. The van der Waals surface area contributed by atoms with Gasteiger partial charge in [-0.15, -0.1) is 0 Å². The van der Waals surface area contributed by atoms with Gasteiger partial charge >= 0.3 is 0 Å². The lowest BCUT2D eigenvalue weighted by molar-refractivity contribution is -0.0554. The summed E-state index contributed by atoms with van der Waals surface area (Å²) in [5, 5.41) is 10.3. The van der Waals surface area contributed by atoms with E-state index in [1.807, 2.05) is 18.2 Å². The Balaban J connectivity index is 1.42. The highest BCUT2D eigenvalue weighted by atomic mass is 32.2. The van der Waals surface area contributed by atoms with E-state index >= 15 is 0 Å². The van der Waals surface area contributed by atoms with Gasteiger partial charge < -0.3 is 9.67 Å². The molecule has 0 radical (unpaired) electrons. The summed E-state index contributed by atoms with van der Waals surface area (Å²) in [5.74, 6) is 0.0827. The van der Waals surface area contributed by atoms with Gasteiger partial charge in [-0.1, -0.05) is 54.6 Å². The van der Waals surface area contributed by atoms with Gasteiger partial charge in [-0.25, -0.2) is 13.4 Å². The van der Waals surface area contributed by atoms with E-state index in [0.29, 0.717) is 13.1 Å². The van der Waals surface area contributed by atoms with E-state index in [2.05, 4.69) is 46.3 Å². The lowest BCUT2D eigenvalue weighted by Crippen LogP contribution is -2.67. The summed E-state index contributed by atoms with van der Waals surface area (Å²) in [4.78, 5) is 6.39. The SMILES string of the molecule is Cn1cnc(S(=O)(=O)N2CCCCN3[C@H](C2)[C@@H](c2ccc(-c4ccccc4)cc2)[C@@H]3CO)c1. The van der Waals surface area contributed by atoms with E-state index in [4.69, 9.17) is 0 Å². The van der Waals surface area contributed by atoms with Crippen LogP contribution in [0.25, 0.3) is 11.1 Å². The Kier molecular flexibility index (Phi) is 6.09. The van der Waals surface area contributed by atoms with Gasteiger partial charge in [-0.3, -0.25) is 4.90 Å². The normalized spacial score (nSPS) is 24.5. The number of aliphatic hydroxyl groups is 1. The Hall–Kier alpha value is -2.52. The summed E-state index contributed by atoms with van der Waals surface area (Å²) < 4.78 is 29.9. The zero-order valence-electron chi connectivity index (χ0n) is 18.8. The van der Waals surface area contributed by atoms with Gasteiger partial charge in [-0.2, -0.15) is 4.31 Å². The highest BCUT2D eigenvalue weighted by molar-refractivity contribution is 7.89. The molecule has 2 aliphatic heterocycles. The van der Waals surface area contributed by atoms with Gasteiger partial charge in [0.05, 0.1) is 12.9 Å². The molecule has 2 aliphatic rings. The van der Waals surface area contributed by atoms with Crippen molar-refractivity contribution in [1.82, 2.24) is 18.8 Å². The van der Waals surface area contributed by atoms with Crippen molar-refractivity contribution >= 4 is 10.0 Å². The maximum atomic E-state index is 13.3. The topological polar surface area (TPSA) is 78.7 Å². The summed E-state index contributed by atoms with van der Waals surface area (Å²) in [6.07, 6.45) is 4.78. The molecule has 0 amide bonds. The van der Waals surface area contributed by atoms with Gasteiger partial charge in [0, 0.05) is 44.3 Å². The molecule has 174 valence electrons. The largest absolute Gasteiger partial charge is 0.395 e. The smallest absolute Gasteiger partial charge is 0.262 e. The Morgan fingerprint density at radius 2 is 1.70 bits per heavy atom. The number of aromatic nitrogens is 2. The third-order valence-corrected chi connectivity index (χ3v) is 8.77. The van der Waals surface area contributed by atoms with Crippen molar-refractivity contribution in [3.63, 3.8) is 0 Å². The third-order valence-electron chi connectivity index (χ3n) is 7.02. The van der Waals surface area contributed by atoms with Crippen LogP contribution in [0.4, 0.5) is 0 Å². The summed E-state index contributed by atoms with van der Waals surface area (Å²) in [5.41, 5.74) is 3.45. The zero-order chi connectivity index (χ0) is 23.0. The maximum absolute atomic E-state index is 13.3. The number of nitrogens with zero attached hydrogens (tertiary/aromatic N) is 4. The van der Waals surface area contributed by atoms with Crippen molar-refractivity contribution < 1.29 is 13.5 Å². The first-order valence-corrected chi connectivity index (χ1v) is 12.9. The number of benzene rings is 2. The minimum atomic E-state index is -3.66. The van der Waals surface area contributed by atoms with E-state index in [9.17, 15) is 13.5 Å². The summed E-state index contributed by atoms with van der Waals surface area (Å²) in [7, 11) is -1.89. The molecule has 3 heterocycles. The number of fused-ring (bicyclic) bond motifs is 1. The molecule has 1 N–H and O–H groups in total. The zero-order valence-corrected chi connectivity index (χ0v) is 19.6. The number of sulfonamides is 1. The van der Waals surface area contributed by atoms with E-state index in [1.165, 1.54) is 6.33 Å². The van der Waals surface area contributed by atoms with Crippen LogP contribution in [0.15, 0.2) is 72.1 Å². The van der Waals surface area contributed by atoms with Crippen LogP contribution in [0.3, 0.4) is 0 Å². The number of hydrogen-bond acceptors (Lipinski definition) is 5. The molecule has 0 aliphatic carbocycles. The second kappa shape index (κ2) is 9.02. The number of rotatable bonds is 5. The van der Waals surface area contributed by atoms with Crippen LogP contribution < -0.4 is 0 Å². The molecular weight excluding hydrogens is 436 g/mol. The number of aliphatic hydroxyl groups excluding tert-OH is 1. The molecule has 0 saturated carbocycles. The highest BCUT2D eigenvalue weighted by Gasteiger charge is 2.50. The van der Waals surface area contributed by atoms with Crippen molar-refractivity contribution in [2.24, 2.45) is 7.05 Å². The van der Waals surface area contributed by atoms with E-state index in [0.717, 1.165) is 36.1 Å². The molecule has 1 aromatic heterocycles. The highest BCUT2D eigenvalue weighted by Crippen LogP contribution is 2.42. The number of imidazole rings is 1. The maximum Gasteiger partial charge on any atom is 0.262 e. The van der Waals surface area contributed by atoms with Crippen LogP contribution in [0.5, 0.6) is 0 Å². The molecule has 3 atom stereocenters. The van der Waals surface area contributed by atoms with Crippen molar-refractivity contribution in [1.29, 1.82) is 0 Å². The molecule has 0 unspecified atom stereocenters. The van der Waals surface area contributed by atoms with Crippen LogP contribution in [0.2, 0.25) is 0 Å². The molecule has 0 bridgehead atoms. The number of hydrogen-bond donors (Lipinski definition) is 1. The van der Waals surface area contributed by atoms with Crippen LogP contribution in [-0.4, -0.2) is 70.6 Å². The molecule has 2 saturated heterocycles. The Labute approximate surface area is 195 Å². The van der Waals surface area contributed by atoms with Crippen molar-refractivity contribution in [3.8, 4) is 11.1 Å². The summed E-state index contributed by atoms with van der Waals surface area (Å²) in [6.45, 7) is 1.84. The molecule has 8 heteroatoms. The third kappa shape index (κ3) is 4.12. The quantitative estimate of drug-likeness (QED) is 0.626. The van der Waals surface area contributed by atoms with Crippen LogP contribution in [0, 0.1) is 0 Å². The van der Waals surface area contributed by atoms with Gasteiger partial charge in [0.25, 0.3) is 10.0 Å². The van der Waals surface area contributed by atoms with Gasteiger partial charge in [0.15, 0.2) is 5.03 Å². The molecule has 5 rings (SSSR count). The Morgan fingerprint density at radius 3 is 2.36 bits per heavy atom. The second-order valence-electron chi connectivity index (χ2n) is 9.02. The minimum absolute atomic E-state index is 0.00933. The summed E-state index contributed by atoms with van der Waals surface area (Å²) in [6, 6.07) is 18.8. The van der Waals surface area contributed by atoms with Gasteiger partial charge in [-0.05, 0) is 36.1 Å². The second-order valence-corrected chi connectivity index (χ2v) is 10.9. The van der Waals surface area contributed by atoms with Crippen molar-refractivity contribution in [2.75, 3.05) is 26.2 Å². The Bertz CT molecular complexity index is 1190. The average Bonchev–Trinajstić information content (AvgIpc) is 3.26. The van der Waals surface area contributed by atoms with Gasteiger partial charge in [0.1, 0.15) is 0 Å². The van der Waals surface area contributed by atoms with Crippen LogP contribution in [-0.2, 0) is 17.1 Å². The lowest BCUT2D eigenvalue weighted by atomic mass is 9.74. The molecule has 2 aromatic carbocycles. The van der Waals surface area contributed by atoms with E-state index < -0.39 is 10.0 Å². The molecule has 0 spiro atoms. The first-order valence-electron chi connectivity index (χ1n) is 11.5. The fourth-order valence-electron chi connectivity index (χ4n) is 5.31. The molecule has 2 fully saturated rings. The molecular formula is C25H30N4O3S. The predicted molar refractivity (Wildman–Crippen MR) is 127 cm³/mol. The number of aryl methyl sites for hydroxylation is 1. The van der Waals surface area contributed by atoms with Gasteiger partial charge in [0.2, 0.25) is 0 Å². The van der Waals surface area contributed by atoms with E-state index in [1.54, 1.807) is 22.1 Å². The standard InChI is InChI=1S/C25H30N4O3S/c1-27-16-24(26-18-27)33(31,32)28-13-5-6-14-29-22(15-28)25(23(29)17-30)21-11-9-20(10-12-21)19-7-3-2-4-8-19/h2-4,7-12,16,18,22-23,25,30H,5-6,13-15,17H2,1H3/t22-,23+,25-/m1/s1. The average molecular weight is 467 g/mol. The fourth-order valence-corrected chi connectivity index (χ4v) is 6.77. The first kappa shape index (κ1) is 22.3. The fraction of sp³-hybridized carbons (Fsp3) is 0.400. The molecule has 3 aromatic rings. The monoisotopic (exact) mass is 466 g/mol. The predicted octanol–water partition coefficient (Wildman–Crippen LogP) is 2.70.